The van der Waals surface area contributed by atoms with Crippen LogP contribution in [0.5, 0.6) is 5.75 Å². The number of rotatable bonds is 8. The van der Waals surface area contributed by atoms with Gasteiger partial charge in [0.15, 0.2) is 0 Å². The minimum Gasteiger partial charge on any atom is -0.491 e. The molecule has 0 aliphatic carbocycles. The number of piperidine rings is 1. The summed E-state index contributed by atoms with van der Waals surface area (Å²) in [6.07, 6.45) is 1.06. The summed E-state index contributed by atoms with van der Waals surface area (Å²) in [7, 11) is -3.39. The van der Waals surface area contributed by atoms with Gasteiger partial charge in [-0.3, -0.25) is 4.79 Å². The van der Waals surface area contributed by atoms with E-state index < -0.39 is 10.0 Å². The topological polar surface area (TPSA) is 75.7 Å². The Morgan fingerprint density at radius 3 is 2.55 bits per heavy atom. The van der Waals surface area contributed by atoms with Crippen molar-refractivity contribution < 1.29 is 17.9 Å². The first kappa shape index (κ1) is 23.3. The van der Waals surface area contributed by atoms with E-state index in [1.54, 1.807) is 0 Å². The lowest BCUT2D eigenvalue weighted by Gasteiger charge is -2.30. The molecule has 3 aromatic carbocycles. The van der Waals surface area contributed by atoms with Gasteiger partial charge >= 0.3 is 0 Å². The summed E-state index contributed by atoms with van der Waals surface area (Å²) in [5.41, 5.74) is 1.84. The monoisotopic (exact) mass is 466 g/mol. The molecule has 33 heavy (non-hydrogen) atoms. The van der Waals surface area contributed by atoms with Crippen LogP contribution in [-0.4, -0.2) is 44.9 Å². The van der Waals surface area contributed by atoms with E-state index in [0.29, 0.717) is 39.1 Å². The van der Waals surface area contributed by atoms with E-state index in [-0.39, 0.29) is 17.6 Å². The zero-order valence-electron chi connectivity index (χ0n) is 18.9. The molecule has 1 amide bonds. The molecule has 7 heteroatoms. The number of carbonyl (C=O) groups excluding carboxylic acids is 1. The highest BCUT2D eigenvalue weighted by atomic mass is 32.2. The Labute approximate surface area is 195 Å². The second kappa shape index (κ2) is 10.4. The summed E-state index contributed by atoms with van der Waals surface area (Å²) in [5.74, 6) is 0.589. The number of nitrogens with one attached hydrogen (secondary N) is 1. The van der Waals surface area contributed by atoms with E-state index in [9.17, 15) is 13.2 Å². The summed E-state index contributed by atoms with van der Waals surface area (Å²) < 4.78 is 33.0. The van der Waals surface area contributed by atoms with E-state index in [2.05, 4.69) is 5.32 Å². The molecule has 0 spiro atoms. The first-order valence-corrected chi connectivity index (χ1v) is 12.9. The predicted octanol–water partition coefficient (Wildman–Crippen LogP) is 3.89. The molecular weight excluding hydrogens is 436 g/mol. The van der Waals surface area contributed by atoms with Crippen LogP contribution < -0.4 is 10.1 Å². The zero-order valence-corrected chi connectivity index (χ0v) is 19.7. The smallest absolute Gasteiger partial charge is 0.223 e. The van der Waals surface area contributed by atoms with E-state index in [1.807, 2.05) is 73.7 Å². The van der Waals surface area contributed by atoms with Crippen molar-refractivity contribution in [2.45, 2.75) is 25.5 Å². The minimum atomic E-state index is -3.39. The molecular formula is C26H30N2O4S. The van der Waals surface area contributed by atoms with Crippen LogP contribution in [0.4, 0.5) is 0 Å². The first-order valence-electron chi connectivity index (χ1n) is 11.3. The molecule has 1 fully saturated rings. The fourth-order valence-electron chi connectivity index (χ4n) is 4.30. The van der Waals surface area contributed by atoms with E-state index in [0.717, 1.165) is 27.6 Å². The largest absolute Gasteiger partial charge is 0.491 e. The Kier molecular flexibility index (Phi) is 7.30. The SMILES string of the molecule is Cc1cccc(CS(=O)(=O)N2CCC(C(=O)NCCOc3cccc4ccccc34)CC2)c1. The van der Waals surface area contributed by atoms with Crippen LogP contribution in [0.2, 0.25) is 0 Å². The molecule has 1 N–H and O–H groups in total. The maximum Gasteiger partial charge on any atom is 0.223 e. The average Bonchev–Trinajstić information content (AvgIpc) is 2.81. The van der Waals surface area contributed by atoms with Gasteiger partial charge in [0.05, 0.1) is 12.3 Å². The molecule has 0 radical (unpaired) electrons. The summed E-state index contributed by atoms with van der Waals surface area (Å²) >= 11 is 0. The average molecular weight is 467 g/mol. The van der Waals surface area contributed by atoms with Gasteiger partial charge in [-0.25, -0.2) is 12.7 Å². The fourth-order valence-corrected chi connectivity index (χ4v) is 5.85. The number of amides is 1. The molecule has 0 saturated carbocycles. The van der Waals surface area contributed by atoms with Crippen molar-refractivity contribution in [1.82, 2.24) is 9.62 Å². The Balaban J connectivity index is 1.22. The Bertz CT molecular complexity index is 1210. The van der Waals surface area contributed by atoms with Crippen molar-refractivity contribution in [1.29, 1.82) is 0 Å². The molecule has 1 heterocycles. The van der Waals surface area contributed by atoms with Gasteiger partial charge in [-0.05, 0) is 36.8 Å². The third kappa shape index (κ3) is 5.92. The van der Waals surface area contributed by atoms with Crippen molar-refractivity contribution in [3.63, 3.8) is 0 Å². The highest BCUT2D eigenvalue weighted by molar-refractivity contribution is 7.88. The van der Waals surface area contributed by atoms with Gasteiger partial charge in [0.1, 0.15) is 12.4 Å². The van der Waals surface area contributed by atoms with Crippen molar-refractivity contribution in [3.05, 3.63) is 77.9 Å². The van der Waals surface area contributed by atoms with Crippen LogP contribution >= 0.6 is 0 Å². The molecule has 0 unspecified atom stereocenters. The van der Waals surface area contributed by atoms with Crippen LogP contribution in [0.3, 0.4) is 0 Å². The predicted molar refractivity (Wildman–Crippen MR) is 131 cm³/mol. The zero-order chi connectivity index (χ0) is 23.3. The second-order valence-corrected chi connectivity index (χ2v) is 10.5. The van der Waals surface area contributed by atoms with Gasteiger partial charge in [0.2, 0.25) is 15.9 Å². The third-order valence-electron chi connectivity index (χ3n) is 6.06. The minimum absolute atomic E-state index is 0.00293. The van der Waals surface area contributed by atoms with Gasteiger partial charge in [-0.15, -0.1) is 0 Å². The Hall–Kier alpha value is -2.90. The van der Waals surface area contributed by atoms with Crippen molar-refractivity contribution in [3.8, 4) is 5.75 Å². The van der Waals surface area contributed by atoms with Crippen LogP contribution in [0.15, 0.2) is 66.7 Å². The quantitative estimate of drug-likeness (QED) is 0.511. The highest BCUT2D eigenvalue weighted by Gasteiger charge is 2.31. The van der Waals surface area contributed by atoms with Crippen molar-refractivity contribution >= 4 is 26.7 Å². The van der Waals surface area contributed by atoms with Crippen LogP contribution in [-0.2, 0) is 20.6 Å². The lowest BCUT2D eigenvalue weighted by atomic mass is 9.97. The van der Waals surface area contributed by atoms with Crippen LogP contribution in [0.25, 0.3) is 10.8 Å². The lowest BCUT2D eigenvalue weighted by Crippen LogP contribution is -2.43. The molecule has 0 atom stereocenters. The number of carbonyl (C=O) groups is 1. The van der Waals surface area contributed by atoms with Gasteiger partial charge < -0.3 is 10.1 Å². The molecule has 0 aromatic heterocycles. The summed E-state index contributed by atoms with van der Waals surface area (Å²) in [5, 5.41) is 5.10. The first-order chi connectivity index (χ1) is 15.9. The Morgan fingerprint density at radius 2 is 1.76 bits per heavy atom. The molecule has 1 aliphatic heterocycles. The number of hydrogen-bond acceptors (Lipinski definition) is 4. The number of benzene rings is 3. The Morgan fingerprint density at radius 1 is 1.03 bits per heavy atom. The van der Waals surface area contributed by atoms with Crippen LogP contribution in [0, 0.1) is 12.8 Å². The van der Waals surface area contributed by atoms with Gasteiger partial charge in [0.25, 0.3) is 0 Å². The van der Waals surface area contributed by atoms with Gasteiger partial charge in [0, 0.05) is 24.4 Å². The lowest BCUT2D eigenvalue weighted by molar-refractivity contribution is -0.126. The summed E-state index contributed by atoms with van der Waals surface area (Å²) in [4.78, 5) is 12.6. The molecule has 174 valence electrons. The van der Waals surface area contributed by atoms with Crippen molar-refractivity contribution in [2.75, 3.05) is 26.2 Å². The molecule has 3 aromatic rings. The molecule has 0 bridgehead atoms. The van der Waals surface area contributed by atoms with Gasteiger partial charge in [-0.1, -0.05) is 66.2 Å². The standard InChI is InChI=1S/C26H30N2O4S/c1-20-6-4-7-21(18-20)19-33(30,31)28-15-12-23(13-16-28)26(29)27-14-17-32-25-11-5-9-22-8-2-3-10-24(22)25/h2-11,18,23H,12-17,19H2,1H3,(H,27,29). The number of ether oxygens (including phenoxy) is 1. The molecule has 4 rings (SSSR count). The number of fused-ring (bicyclic) bond motifs is 1. The third-order valence-corrected chi connectivity index (χ3v) is 7.91. The van der Waals surface area contributed by atoms with Gasteiger partial charge in [-0.2, -0.15) is 0 Å². The van der Waals surface area contributed by atoms with Crippen LogP contribution in [0.1, 0.15) is 24.0 Å². The summed E-state index contributed by atoms with van der Waals surface area (Å²) in [6.45, 7) is 3.49. The molecule has 1 aliphatic rings. The number of sulfonamides is 1. The fraction of sp³-hybridized carbons (Fsp3) is 0.346. The molecule has 6 nitrogen and oxygen atoms in total. The number of nitrogens with zero attached hydrogens (tertiary/aromatic N) is 1. The molecule has 1 saturated heterocycles. The number of aryl methyl sites for hydroxylation is 1. The van der Waals surface area contributed by atoms with Crippen molar-refractivity contribution in [2.24, 2.45) is 5.92 Å². The van der Waals surface area contributed by atoms with E-state index in [1.165, 1.54) is 4.31 Å². The van der Waals surface area contributed by atoms with E-state index >= 15 is 0 Å². The number of hydrogen-bond donors (Lipinski definition) is 1. The highest BCUT2D eigenvalue weighted by Crippen LogP contribution is 2.25. The second-order valence-electron chi connectivity index (χ2n) is 8.54. The summed E-state index contributed by atoms with van der Waals surface area (Å²) in [6, 6.07) is 21.5. The van der Waals surface area contributed by atoms with E-state index in [4.69, 9.17) is 4.74 Å². The normalized spacial score (nSPS) is 15.4. The maximum absolute atomic E-state index is 12.8. The maximum atomic E-state index is 12.8.